The van der Waals surface area contributed by atoms with Crippen molar-refractivity contribution in [1.82, 2.24) is 10.6 Å². The average molecular weight is 456 g/mol. The van der Waals surface area contributed by atoms with Crippen molar-refractivity contribution in [3.05, 3.63) is 59.7 Å². The zero-order valence-electron chi connectivity index (χ0n) is 18.7. The number of hydrogen-bond donors (Lipinski definition) is 3. The number of aliphatic carboxylic acids is 1. The van der Waals surface area contributed by atoms with E-state index in [0.717, 1.165) is 22.3 Å². The molecule has 1 aliphatic rings. The molecule has 2 aromatic carbocycles. The van der Waals surface area contributed by atoms with Crippen LogP contribution >= 0.6 is 0 Å². The van der Waals surface area contributed by atoms with E-state index in [1.807, 2.05) is 48.5 Å². The molecule has 0 heterocycles. The SMILES string of the molecule is COC(CNC(=O)OCC1c2ccccc2-c2ccccc21)C(=O)NC(C(=O)O)C(C)OC. The Morgan fingerprint density at radius 2 is 1.55 bits per heavy atom. The molecule has 1 aliphatic carbocycles. The lowest BCUT2D eigenvalue weighted by Crippen LogP contribution is -2.53. The lowest BCUT2D eigenvalue weighted by molar-refractivity contribution is -0.147. The molecule has 9 nitrogen and oxygen atoms in total. The normalized spacial score (nSPS) is 15.0. The van der Waals surface area contributed by atoms with Gasteiger partial charge in [0.2, 0.25) is 0 Å². The fourth-order valence-electron chi connectivity index (χ4n) is 3.87. The van der Waals surface area contributed by atoms with Crippen molar-refractivity contribution >= 4 is 18.0 Å². The van der Waals surface area contributed by atoms with Gasteiger partial charge in [-0.1, -0.05) is 48.5 Å². The number of ether oxygens (including phenoxy) is 3. The molecular weight excluding hydrogens is 428 g/mol. The molecule has 0 bridgehead atoms. The van der Waals surface area contributed by atoms with Gasteiger partial charge >= 0.3 is 12.1 Å². The Morgan fingerprint density at radius 1 is 0.970 bits per heavy atom. The highest BCUT2D eigenvalue weighted by atomic mass is 16.5. The lowest BCUT2D eigenvalue weighted by atomic mass is 9.98. The van der Waals surface area contributed by atoms with Crippen LogP contribution < -0.4 is 10.6 Å². The summed E-state index contributed by atoms with van der Waals surface area (Å²) in [6.07, 6.45) is -2.55. The summed E-state index contributed by atoms with van der Waals surface area (Å²) in [5, 5.41) is 14.2. The molecule has 0 saturated heterocycles. The lowest BCUT2D eigenvalue weighted by Gasteiger charge is -2.23. The molecule has 0 radical (unpaired) electrons. The van der Waals surface area contributed by atoms with Gasteiger partial charge in [-0.3, -0.25) is 4.79 Å². The Labute approximate surface area is 192 Å². The van der Waals surface area contributed by atoms with Crippen LogP contribution in [0.2, 0.25) is 0 Å². The highest BCUT2D eigenvalue weighted by molar-refractivity contribution is 5.87. The third-order valence-electron chi connectivity index (χ3n) is 5.76. The van der Waals surface area contributed by atoms with Crippen molar-refractivity contribution in [3.63, 3.8) is 0 Å². The molecule has 0 spiro atoms. The second-order valence-corrected chi connectivity index (χ2v) is 7.70. The summed E-state index contributed by atoms with van der Waals surface area (Å²) in [5.41, 5.74) is 4.42. The number of carbonyl (C=O) groups is 3. The predicted octanol–water partition coefficient (Wildman–Crippen LogP) is 2.14. The predicted molar refractivity (Wildman–Crippen MR) is 120 cm³/mol. The summed E-state index contributed by atoms with van der Waals surface area (Å²) < 4.78 is 15.5. The number of fused-ring (bicyclic) bond motifs is 3. The number of amides is 2. The molecule has 33 heavy (non-hydrogen) atoms. The molecule has 3 N–H and O–H groups in total. The first-order valence-electron chi connectivity index (χ1n) is 10.5. The van der Waals surface area contributed by atoms with Crippen molar-refractivity contribution in [1.29, 1.82) is 0 Å². The van der Waals surface area contributed by atoms with E-state index in [1.165, 1.54) is 21.1 Å². The number of alkyl carbamates (subject to hydrolysis) is 1. The summed E-state index contributed by atoms with van der Waals surface area (Å²) >= 11 is 0. The summed E-state index contributed by atoms with van der Waals surface area (Å²) in [6.45, 7) is 1.47. The number of carboxylic acid groups (broad SMARTS) is 1. The van der Waals surface area contributed by atoms with Crippen LogP contribution in [-0.2, 0) is 23.8 Å². The summed E-state index contributed by atoms with van der Waals surface area (Å²) in [6, 6.07) is 14.7. The Hall–Kier alpha value is -3.43. The molecule has 2 amide bonds. The number of nitrogens with one attached hydrogen (secondary N) is 2. The third kappa shape index (κ3) is 5.50. The number of rotatable bonds is 10. The number of methoxy groups -OCH3 is 2. The number of carbonyl (C=O) groups excluding carboxylic acids is 2. The number of carboxylic acids is 1. The molecule has 3 rings (SSSR count). The van der Waals surface area contributed by atoms with Crippen LogP contribution in [0.3, 0.4) is 0 Å². The van der Waals surface area contributed by atoms with E-state index >= 15 is 0 Å². The van der Waals surface area contributed by atoms with Crippen LogP contribution in [0.5, 0.6) is 0 Å². The first-order valence-corrected chi connectivity index (χ1v) is 10.5. The molecule has 2 aromatic rings. The largest absolute Gasteiger partial charge is 0.480 e. The number of benzene rings is 2. The van der Waals surface area contributed by atoms with Crippen molar-refractivity contribution in [2.75, 3.05) is 27.4 Å². The monoisotopic (exact) mass is 456 g/mol. The van der Waals surface area contributed by atoms with Gasteiger partial charge in [-0.05, 0) is 29.2 Å². The van der Waals surface area contributed by atoms with E-state index in [1.54, 1.807) is 0 Å². The van der Waals surface area contributed by atoms with Crippen molar-refractivity contribution in [3.8, 4) is 11.1 Å². The number of hydrogen-bond acceptors (Lipinski definition) is 6. The fraction of sp³-hybridized carbons (Fsp3) is 0.375. The van der Waals surface area contributed by atoms with E-state index in [2.05, 4.69) is 10.6 Å². The van der Waals surface area contributed by atoms with E-state index in [-0.39, 0.29) is 19.1 Å². The van der Waals surface area contributed by atoms with E-state index in [4.69, 9.17) is 14.2 Å². The molecule has 0 aromatic heterocycles. The van der Waals surface area contributed by atoms with Gasteiger partial charge in [-0.25, -0.2) is 9.59 Å². The molecule has 3 unspecified atom stereocenters. The van der Waals surface area contributed by atoms with E-state index < -0.39 is 36.2 Å². The van der Waals surface area contributed by atoms with Crippen LogP contribution in [0.25, 0.3) is 11.1 Å². The van der Waals surface area contributed by atoms with Crippen molar-refractivity contribution < 1.29 is 33.7 Å². The minimum Gasteiger partial charge on any atom is -0.480 e. The van der Waals surface area contributed by atoms with Gasteiger partial charge in [-0.15, -0.1) is 0 Å². The maximum Gasteiger partial charge on any atom is 0.407 e. The van der Waals surface area contributed by atoms with Gasteiger partial charge in [0.25, 0.3) is 5.91 Å². The minimum atomic E-state index is -1.25. The van der Waals surface area contributed by atoms with Crippen LogP contribution in [0.1, 0.15) is 24.0 Å². The van der Waals surface area contributed by atoms with Gasteiger partial charge in [-0.2, -0.15) is 0 Å². The molecule has 3 atom stereocenters. The summed E-state index contributed by atoms with van der Waals surface area (Å²) in [4.78, 5) is 36.1. The Morgan fingerprint density at radius 3 is 2.06 bits per heavy atom. The van der Waals surface area contributed by atoms with Crippen LogP contribution in [0, 0.1) is 0 Å². The molecule has 0 saturated carbocycles. The topological polar surface area (TPSA) is 123 Å². The first-order chi connectivity index (χ1) is 15.9. The van der Waals surface area contributed by atoms with Crippen LogP contribution in [-0.4, -0.2) is 68.7 Å². The molecular formula is C24H28N2O7. The smallest absolute Gasteiger partial charge is 0.407 e. The Balaban J connectivity index is 1.56. The van der Waals surface area contributed by atoms with E-state index in [0.29, 0.717) is 0 Å². The minimum absolute atomic E-state index is 0.0865. The Kier molecular flexibility index (Phi) is 8.02. The highest BCUT2D eigenvalue weighted by Crippen LogP contribution is 2.44. The molecule has 0 aliphatic heterocycles. The Bertz CT molecular complexity index is 964. The quantitative estimate of drug-likeness (QED) is 0.501. The summed E-state index contributed by atoms with van der Waals surface area (Å²) in [5.74, 6) is -2.01. The standard InChI is InChI=1S/C24H28N2O7/c1-14(31-2)21(23(28)29)26-22(27)20(32-3)12-25-24(30)33-13-19-17-10-6-4-8-15(17)16-9-5-7-11-18(16)19/h4-11,14,19-21H,12-13H2,1-3H3,(H,25,30)(H,26,27)(H,28,29). The maximum absolute atomic E-state index is 12.4. The van der Waals surface area contributed by atoms with Crippen LogP contribution in [0.4, 0.5) is 4.79 Å². The molecule has 0 fully saturated rings. The zero-order chi connectivity index (χ0) is 24.0. The third-order valence-corrected chi connectivity index (χ3v) is 5.76. The van der Waals surface area contributed by atoms with Gasteiger partial charge in [0, 0.05) is 20.1 Å². The summed E-state index contributed by atoms with van der Waals surface area (Å²) in [7, 11) is 2.64. The van der Waals surface area contributed by atoms with Crippen LogP contribution in [0.15, 0.2) is 48.5 Å². The molecule has 9 heteroatoms. The average Bonchev–Trinajstić information content (AvgIpc) is 3.14. The highest BCUT2D eigenvalue weighted by Gasteiger charge is 2.31. The zero-order valence-corrected chi connectivity index (χ0v) is 18.7. The second kappa shape index (κ2) is 10.9. The molecule has 176 valence electrons. The first kappa shape index (κ1) is 24.2. The maximum atomic E-state index is 12.4. The van der Waals surface area contributed by atoms with Gasteiger partial charge in [0.15, 0.2) is 12.1 Å². The van der Waals surface area contributed by atoms with Gasteiger partial charge in [0.05, 0.1) is 12.6 Å². The van der Waals surface area contributed by atoms with Crippen molar-refractivity contribution in [2.24, 2.45) is 0 Å². The van der Waals surface area contributed by atoms with Crippen molar-refractivity contribution in [2.45, 2.75) is 31.1 Å². The van der Waals surface area contributed by atoms with Gasteiger partial charge < -0.3 is 30.0 Å². The van der Waals surface area contributed by atoms with E-state index in [9.17, 15) is 19.5 Å². The fourth-order valence-corrected chi connectivity index (χ4v) is 3.87. The second-order valence-electron chi connectivity index (χ2n) is 7.70. The van der Waals surface area contributed by atoms with Gasteiger partial charge in [0.1, 0.15) is 6.61 Å².